The molecule has 2 unspecified atom stereocenters. The fraction of sp³-hybridized carbons (Fsp3) is 1.00. The van der Waals surface area contributed by atoms with Crippen LogP contribution in [0.2, 0.25) is 0 Å². The Balaban J connectivity index is 2.52. The van der Waals surface area contributed by atoms with Gasteiger partial charge in [0.25, 0.3) is 0 Å². The molecule has 5 atom stereocenters. The first kappa shape index (κ1) is 14.2. The topological polar surface area (TPSA) is 85.2 Å². The summed E-state index contributed by atoms with van der Waals surface area (Å²) in [5.74, 6) is 0. The van der Waals surface area contributed by atoms with E-state index in [-0.39, 0.29) is 12.6 Å². The molecule has 6 nitrogen and oxygen atoms in total. The summed E-state index contributed by atoms with van der Waals surface area (Å²) in [5.41, 5.74) is 0. The fourth-order valence-electron chi connectivity index (χ4n) is 1.67. The van der Waals surface area contributed by atoms with Crippen molar-refractivity contribution in [2.45, 2.75) is 30.7 Å². The zero-order valence-electron chi connectivity index (χ0n) is 9.28. The number of methoxy groups -OCH3 is 1. The van der Waals surface area contributed by atoms with Crippen LogP contribution in [0.3, 0.4) is 0 Å². The van der Waals surface area contributed by atoms with Crippen LogP contribution in [0.15, 0.2) is 0 Å². The maximum absolute atomic E-state index is 11.2. The van der Waals surface area contributed by atoms with E-state index in [4.69, 9.17) is 17.3 Å². The molecule has 0 aromatic carbocycles. The van der Waals surface area contributed by atoms with Crippen molar-refractivity contribution in [3.8, 4) is 0 Å². The van der Waals surface area contributed by atoms with Crippen LogP contribution in [0.5, 0.6) is 0 Å². The van der Waals surface area contributed by atoms with Gasteiger partial charge in [0.05, 0.1) is 12.3 Å². The molecule has 0 amide bonds. The smallest absolute Gasteiger partial charge is 0.327 e. The molecule has 0 spiro atoms. The van der Waals surface area contributed by atoms with Gasteiger partial charge in [0.15, 0.2) is 0 Å². The maximum Gasteiger partial charge on any atom is 0.327 e. The van der Waals surface area contributed by atoms with E-state index < -0.39 is 31.9 Å². The van der Waals surface area contributed by atoms with Gasteiger partial charge in [0, 0.05) is 20.2 Å². The Kier molecular flexibility index (Phi) is 4.97. The first-order valence-electron chi connectivity index (χ1n) is 4.90. The van der Waals surface area contributed by atoms with Gasteiger partial charge < -0.3 is 24.0 Å². The van der Waals surface area contributed by atoms with E-state index in [1.807, 2.05) is 0 Å². The Bertz CT molecular complexity index is 275. The van der Waals surface area contributed by atoms with Crippen molar-refractivity contribution >= 4 is 15.4 Å². The molecule has 1 fully saturated rings. The quantitative estimate of drug-likeness (QED) is 0.504. The summed E-state index contributed by atoms with van der Waals surface area (Å²) in [6.45, 7) is 0. The highest BCUT2D eigenvalue weighted by Gasteiger charge is 2.41. The zero-order chi connectivity index (χ0) is 12.3. The molecule has 1 aliphatic rings. The average Bonchev–Trinajstić information content (AvgIpc) is 2.52. The molecule has 2 radical (unpaired) electrons. The van der Waals surface area contributed by atoms with Crippen molar-refractivity contribution in [1.29, 1.82) is 0 Å². The third-order valence-corrected chi connectivity index (χ3v) is 4.02. The van der Waals surface area contributed by atoms with Crippen LogP contribution in [0.25, 0.3) is 0 Å². The van der Waals surface area contributed by atoms with Gasteiger partial charge in [-0.1, -0.05) is 0 Å². The normalized spacial score (nSPS) is 38.5. The second kappa shape index (κ2) is 5.62. The van der Waals surface area contributed by atoms with Gasteiger partial charge in [-0.3, -0.25) is 4.57 Å². The minimum Gasteiger partial charge on any atom is -0.388 e. The van der Waals surface area contributed by atoms with E-state index in [1.54, 1.807) is 0 Å². The van der Waals surface area contributed by atoms with E-state index in [0.29, 0.717) is 0 Å². The Hall–Kier alpha value is 0.0949. The van der Waals surface area contributed by atoms with Crippen LogP contribution in [0.1, 0.15) is 6.42 Å². The zero-order valence-corrected chi connectivity index (χ0v) is 10.2. The molecule has 1 rings (SSSR count). The molecule has 92 valence electrons. The third kappa shape index (κ3) is 3.29. The fourth-order valence-corrected chi connectivity index (χ4v) is 2.44. The van der Waals surface area contributed by atoms with Crippen LogP contribution in [0, 0.1) is 0 Å². The Labute approximate surface area is 95.8 Å². The monoisotopic (exact) mass is 250 g/mol. The lowest BCUT2D eigenvalue weighted by Crippen LogP contribution is -2.34. The van der Waals surface area contributed by atoms with Crippen molar-refractivity contribution in [1.82, 2.24) is 0 Å². The second-order valence-electron chi connectivity index (χ2n) is 3.66. The molecule has 8 heteroatoms. The number of aliphatic hydroxyl groups excluding tert-OH is 1. The van der Waals surface area contributed by atoms with Crippen molar-refractivity contribution in [2.75, 3.05) is 20.4 Å². The highest BCUT2D eigenvalue weighted by atomic mass is 31.2. The highest BCUT2D eigenvalue weighted by Crippen LogP contribution is 2.42. The van der Waals surface area contributed by atoms with Crippen molar-refractivity contribution in [2.24, 2.45) is 0 Å². The third-order valence-electron chi connectivity index (χ3n) is 2.63. The van der Waals surface area contributed by atoms with Crippen molar-refractivity contribution in [3.63, 3.8) is 0 Å². The molecule has 0 bridgehead atoms. The summed E-state index contributed by atoms with van der Waals surface area (Å²) in [7, 11) is 4.53. The summed E-state index contributed by atoms with van der Waals surface area (Å²) in [4.78, 5) is 9.22. The number of ether oxygens (including phenoxy) is 2. The van der Waals surface area contributed by atoms with Crippen LogP contribution < -0.4 is 0 Å². The molecule has 2 N–H and O–H groups in total. The lowest BCUT2D eigenvalue weighted by molar-refractivity contribution is -0.0114. The van der Waals surface area contributed by atoms with Crippen molar-refractivity contribution in [3.05, 3.63) is 0 Å². The summed E-state index contributed by atoms with van der Waals surface area (Å²) in [5, 5.41) is 9.58. The van der Waals surface area contributed by atoms with Gasteiger partial charge in [-0.15, -0.1) is 0 Å². The number of aliphatic hydroxyl groups is 1. The molecular formula is C8H16BO6P. The lowest BCUT2D eigenvalue weighted by atomic mass is 9.93. The molecule has 16 heavy (non-hydrogen) atoms. The highest BCUT2D eigenvalue weighted by molar-refractivity contribution is 7.52. The van der Waals surface area contributed by atoms with Crippen LogP contribution >= 0.6 is 7.60 Å². The maximum atomic E-state index is 11.2. The predicted octanol–water partition coefficient (Wildman–Crippen LogP) is -0.522. The SMILES string of the molecule is [B][C@@H]1O[C@H](CCP(=O)(O)OC)C(OC)[C@@H]1O. The van der Waals surface area contributed by atoms with Crippen molar-refractivity contribution < 1.29 is 28.6 Å². The largest absolute Gasteiger partial charge is 0.388 e. The van der Waals surface area contributed by atoms with E-state index in [2.05, 4.69) is 4.52 Å². The van der Waals surface area contributed by atoms with E-state index in [1.165, 1.54) is 14.2 Å². The molecule has 0 aromatic rings. The average molecular weight is 250 g/mol. The summed E-state index contributed by atoms with van der Waals surface area (Å²) in [6, 6.07) is -0.824. The predicted molar refractivity (Wildman–Crippen MR) is 57.5 cm³/mol. The summed E-state index contributed by atoms with van der Waals surface area (Å²) < 4.78 is 26.0. The Morgan fingerprint density at radius 2 is 2.12 bits per heavy atom. The lowest BCUT2D eigenvalue weighted by Gasteiger charge is -2.19. The van der Waals surface area contributed by atoms with Gasteiger partial charge in [-0.25, -0.2) is 0 Å². The molecule has 0 aromatic heterocycles. The summed E-state index contributed by atoms with van der Waals surface area (Å²) in [6.07, 6.45) is -1.81. The van der Waals surface area contributed by atoms with Crippen LogP contribution in [-0.4, -0.2) is 62.5 Å². The summed E-state index contributed by atoms with van der Waals surface area (Å²) >= 11 is 0. The van der Waals surface area contributed by atoms with E-state index >= 15 is 0 Å². The van der Waals surface area contributed by atoms with Gasteiger partial charge in [-0.05, 0) is 6.42 Å². The van der Waals surface area contributed by atoms with Gasteiger partial charge in [0.2, 0.25) is 0 Å². The van der Waals surface area contributed by atoms with E-state index in [0.717, 1.165) is 0 Å². The molecule has 1 saturated heterocycles. The number of hydrogen-bond donors (Lipinski definition) is 2. The first-order valence-corrected chi connectivity index (χ1v) is 6.67. The van der Waals surface area contributed by atoms with Gasteiger partial charge >= 0.3 is 7.60 Å². The Morgan fingerprint density at radius 3 is 2.62 bits per heavy atom. The molecule has 0 aliphatic carbocycles. The molecular weight excluding hydrogens is 234 g/mol. The molecule has 1 heterocycles. The van der Waals surface area contributed by atoms with Crippen LogP contribution in [0.4, 0.5) is 0 Å². The number of hydrogen-bond acceptors (Lipinski definition) is 5. The standard InChI is InChI=1S/C8H16BO6P/c1-13-7-5(15-8(9)6(7)10)3-4-16(11,12)14-2/h5-8,10H,3-4H2,1-2H3,(H,11,12)/t5-,6+,7?,8-/m1/s1. The number of rotatable bonds is 5. The van der Waals surface area contributed by atoms with E-state index in [9.17, 15) is 14.6 Å². The van der Waals surface area contributed by atoms with Gasteiger partial charge in [0.1, 0.15) is 20.1 Å². The minimum absolute atomic E-state index is 0.0620. The van der Waals surface area contributed by atoms with Gasteiger partial charge in [-0.2, -0.15) is 0 Å². The first-order chi connectivity index (χ1) is 7.41. The molecule has 0 saturated carbocycles. The van der Waals surface area contributed by atoms with Crippen LogP contribution in [-0.2, 0) is 18.6 Å². The second-order valence-corrected chi connectivity index (χ2v) is 5.75. The Morgan fingerprint density at radius 1 is 1.50 bits per heavy atom. The molecule has 1 aliphatic heterocycles. The minimum atomic E-state index is -3.56.